The monoisotopic (exact) mass is 545 g/mol. The van der Waals surface area contributed by atoms with Gasteiger partial charge in [0.05, 0.1) is 40.5 Å². The topological polar surface area (TPSA) is 126 Å². The predicted molar refractivity (Wildman–Crippen MR) is 144 cm³/mol. The van der Waals surface area contributed by atoms with Crippen LogP contribution < -0.4 is 19.6 Å². The summed E-state index contributed by atoms with van der Waals surface area (Å²) in [6, 6.07) is 15.9. The standard InChI is InChI=1S/C28H23N3O7S/c1-4-37-27(33)24-16(2)29-28-30(25(24)17-8-10-20(36-3)11-9-17)26(32)23(39-28)15-21-12-13-22(38-21)18-6-5-7-19(14-18)31(34)35/h5-15,25H,4H2,1-3H3. The van der Waals surface area contributed by atoms with Gasteiger partial charge in [0, 0.05) is 23.8 Å². The van der Waals surface area contributed by atoms with E-state index in [9.17, 15) is 19.7 Å². The predicted octanol–water partition coefficient (Wildman–Crippen LogP) is 3.98. The SMILES string of the molecule is CCOC(=O)C1=C(C)N=c2sc(=Cc3ccc(-c4cccc([N+](=O)[O-])c4)o3)c(=O)n2C1c1ccc(OC)cc1. The van der Waals surface area contributed by atoms with Crippen LogP contribution in [0.3, 0.4) is 0 Å². The number of nitro benzene ring substituents is 1. The number of ether oxygens (including phenoxy) is 2. The molecule has 10 nitrogen and oxygen atoms in total. The Bertz CT molecular complexity index is 1800. The number of hydrogen-bond donors (Lipinski definition) is 0. The molecule has 0 saturated carbocycles. The zero-order chi connectivity index (χ0) is 27.7. The van der Waals surface area contributed by atoms with Crippen LogP contribution in [0.2, 0.25) is 0 Å². The molecule has 2 aromatic carbocycles. The number of esters is 1. The molecule has 1 atom stereocenters. The van der Waals surface area contributed by atoms with Crippen molar-refractivity contribution in [3.8, 4) is 17.1 Å². The van der Waals surface area contributed by atoms with E-state index in [4.69, 9.17) is 13.9 Å². The molecule has 0 amide bonds. The van der Waals surface area contributed by atoms with Crippen LogP contribution in [0.1, 0.15) is 31.2 Å². The first kappa shape index (κ1) is 25.9. The highest BCUT2D eigenvalue weighted by Crippen LogP contribution is 2.32. The van der Waals surface area contributed by atoms with Crippen molar-refractivity contribution in [2.24, 2.45) is 4.99 Å². The van der Waals surface area contributed by atoms with Crippen molar-refractivity contribution in [3.05, 3.63) is 113 Å². The number of carbonyl (C=O) groups excluding carboxylic acids is 1. The largest absolute Gasteiger partial charge is 0.497 e. The summed E-state index contributed by atoms with van der Waals surface area (Å²) >= 11 is 1.17. The quantitative estimate of drug-likeness (QED) is 0.195. The fraction of sp³-hybridized carbons (Fsp3) is 0.179. The van der Waals surface area contributed by atoms with Crippen LogP contribution in [0, 0.1) is 10.1 Å². The molecule has 11 heteroatoms. The van der Waals surface area contributed by atoms with E-state index in [-0.39, 0.29) is 23.4 Å². The Morgan fingerprint density at radius 2 is 1.97 bits per heavy atom. The molecular weight excluding hydrogens is 522 g/mol. The van der Waals surface area contributed by atoms with Gasteiger partial charge >= 0.3 is 5.97 Å². The van der Waals surface area contributed by atoms with Crippen LogP contribution in [0.4, 0.5) is 5.69 Å². The molecule has 0 aliphatic carbocycles. The summed E-state index contributed by atoms with van der Waals surface area (Å²) in [6.45, 7) is 3.62. The van der Waals surface area contributed by atoms with E-state index in [1.54, 1.807) is 75.6 Å². The zero-order valence-corrected chi connectivity index (χ0v) is 22.1. The number of nitrogens with zero attached hydrogens (tertiary/aromatic N) is 3. The van der Waals surface area contributed by atoms with E-state index in [1.165, 1.54) is 28.0 Å². The number of benzene rings is 2. The highest BCUT2D eigenvalue weighted by molar-refractivity contribution is 7.07. The maximum atomic E-state index is 13.7. The Hall–Kier alpha value is -4.77. The van der Waals surface area contributed by atoms with Gasteiger partial charge in [0.2, 0.25) is 0 Å². The summed E-state index contributed by atoms with van der Waals surface area (Å²) in [5.74, 6) is 0.918. The van der Waals surface area contributed by atoms with Gasteiger partial charge in [-0.1, -0.05) is 35.6 Å². The molecule has 0 spiro atoms. The summed E-state index contributed by atoms with van der Waals surface area (Å²) in [5.41, 5.74) is 1.60. The zero-order valence-electron chi connectivity index (χ0n) is 21.2. The summed E-state index contributed by atoms with van der Waals surface area (Å²) < 4.78 is 18.3. The van der Waals surface area contributed by atoms with Crippen molar-refractivity contribution in [1.29, 1.82) is 0 Å². The Balaban J connectivity index is 1.61. The van der Waals surface area contributed by atoms with E-state index in [0.29, 0.717) is 43.4 Å². The number of furan rings is 1. The van der Waals surface area contributed by atoms with Gasteiger partial charge < -0.3 is 13.9 Å². The van der Waals surface area contributed by atoms with E-state index < -0.39 is 16.9 Å². The lowest BCUT2D eigenvalue weighted by Crippen LogP contribution is -2.39. The third-order valence-corrected chi connectivity index (χ3v) is 7.17. The molecule has 0 radical (unpaired) electrons. The average molecular weight is 546 g/mol. The van der Waals surface area contributed by atoms with Gasteiger partial charge in [0.15, 0.2) is 4.80 Å². The number of thiazole rings is 1. The number of non-ortho nitro benzene ring substituents is 1. The van der Waals surface area contributed by atoms with Crippen LogP contribution >= 0.6 is 11.3 Å². The molecule has 4 aromatic rings. The van der Waals surface area contributed by atoms with Crippen LogP contribution in [-0.4, -0.2) is 29.2 Å². The lowest BCUT2D eigenvalue weighted by Gasteiger charge is -2.24. The molecule has 1 aliphatic rings. The van der Waals surface area contributed by atoms with Gasteiger partial charge in [0.1, 0.15) is 17.3 Å². The summed E-state index contributed by atoms with van der Waals surface area (Å²) in [7, 11) is 1.56. The summed E-state index contributed by atoms with van der Waals surface area (Å²) in [4.78, 5) is 42.4. The number of hydrogen-bond acceptors (Lipinski definition) is 9. The highest BCUT2D eigenvalue weighted by atomic mass is 32.1. The van der Waals surface area contributed by atoms with E-state index in [0.717, 1.165) is 0 Å². The second-order valence-corrected chi connectivity index (χ2v) is 9.59. The third-order valence-electron chi connectivity index (χ3n) is 6.19. The van der Waals surface area contributed by atoms with Gasteiger partial charge in [-0.25, -0.2) is 9.79 Å². The number of allylic oxidation sites excluding steroid dienone is 1. The minimum Gasteiger partial charge on any atom is -0.497 e. The molecule has 3 heterocycles. The van der Waals surface area contributed by atoms with Gasteiger partial charge in [0.25, 0.3) is 11.2 Å². The maximum Gasteiger partial charge on any atom is 0.338 e. The lowest BCUT2D eigenvalue weighted by molar-refractivity contribution is -0.384. The smallest absolute Gasteiger partial charge is 0.338 e. The molecule has 1 unspecified atom stereocenters. The first-order valence-electron chi connectivity index (χ1n) is 12.0. The molecule has 5 rings (SSSR count). The Kier molecular flexibility index (Phi) is 6.99. The molecule has 0 saturated heterocycles. The van der Waals surface area contributed by atoms with Crippen molar-refractivity contribution >= 4 is 29.1 Å². The first-order chi connectivity index (χ1) is 18.8. The maximum absolute atomic E-state index is 13.7. The van der Waals surface area contributed by atoms with Gasteiger partial charge in [-0.05, 0) is 43.7 Å². The van der Waals surface area contributed by atoms with E-state index in [1.807, 2.05) is 0 Å². The summed E-state index contributed by atoms with van der Waals surface area (Å²) in [5, 5.41) is 11.1. The van der Waals surface area contributed by atoms with Crippen molar-refractivity contribution in [1.82, 2.24) is 4.57 Å². The van der Waals surface area contributed by atoms with Crippen molar-refractivity contribution in [2.75, 3.05) is 13.7 Å². The normalized spacial score (nSPS) is 15.1. The Morgan fingerprint density at radius 1 is 1.21 bits per heavy atom. The first-order valence-corrected chi connectivity index (χ1v) is 12.8. The molecule has 39 heavy (non-hydrogen) atoms. The number of fused-ring (bicyclic) bond motifs is 1. The van der Waals surface area contributed by atoms with Crippen LogP contribution in [-0.2, 0) is 9.53 Å². The Morgan fingerprint density at radius 3 is 2.67 bits per heavy atom. The lowest BCUT2D eigenvalue weighted by atomic mass is 9.96. The minimum absolute atomic E-state index is 0.0509. The third kappa shape index (κ3) is 4.91. The van der Waals surface area contributed by atoms with Gasteiger partial charge in [-0.2, -0.15) is 0 Å². The number of methoxy groups -OCH3 is 1. The van der Waals surface area contributed by atoms with Gasteiger partial charge in [-0.15, -0.1) is 0 Å². The van der Waals surface area contributed by atoms with Crippen molar-refractivity contribution < 1.29 is 23.6 Å². The Labute approximate surface area is 225 Å². The van der Waals surface area contributed by atoms with Crippen molar-refractivity contribution in [2.45, 2.75) is 19.9 Å². The molecule has 0 fully saturated rings. The molecule has 0 bridgehead atoms. The molecule has 198 valence electrons. The molecular formula is C28H23N3O7S. The van der Waals surface area contributed by atoms with Crippen LogP contribution in [0.25, 0.3) is 17.4 Å². The molecule has 0 N–H and O–H groups in total. The molecule has 1 aliphatic heterocycles. The second-order valence-electron chi connectivity index (χ2n) is 8.58. The number of rotatable bonds is 7. The van der Waals surface area contributed by atoms with Crippen LogP contribution in [0.5, 0.6) is 5.75 Å². The number of carbonyl (C=O) groups is 1. The fourth-order valence-corrected chi connectivity index (χ4v) is 5.41. The average Bonchev–Trinajstić information content (AvgIpc) is 3.52. The minimum atomic E-state index is -0.745. The van der Waals surface area contributed by atoms with Crippen molar-refractivity contribution in [3.63, 3.8) is 0 Å². The number of nitro groups is 1. The van der Waals surface area contributed by atoms with E-state index >= 15 is 0 Å². The van der Waals surface area contributed by atoms with Gasteiger partial charge in [-0.3, -0.25) is 19.5 Å². The highest BCUT2D eigenvalue weighted by Gasteiger charge is 2.33. The molecule has 2 aromatic heterocycles. The summed E-state index contributed by atoms with van der Waals surface area (Å²) in [6.07, 6.45) is 1.60. The second kappa shape index (κ2) is 10.5. The number of aromatic nitrogens is 1. The van der Waals surface area contributed by atoms with E-state index in [2.05, 4.69) is 4.99 Å². The van der Waals surface area contributed by atoms with Crippen LogP contribution in [0.15, 0.2) is 86.1 Å². The fourth-order valence-electron chi connectivity index (χ4n) is 4.38.